The highest BCUT2D eigenvalue weighted by Crippen LogP contribution is 2.39. The minimum Gasteiger partial charge on any atom is -0.359 e. The number of hydrogen-bond acceptors (Lipinski definition) is 3. The standard InChI is InChI=1S/C25H18ClFN2O2/c1-16-18(15-30)12-20(27)14-22(16)25(31)29(21-9-5-8-19(26)13-21)23-10-4-7-17-6-2-3-11-28-24(17)23/h2-11,13-14,28H,12H2,1H3. The van der Waals surface area contributed by atoms with E-state index in [1.54, 1.807) is 49.4 Å². The number of halogens is 2. The number of carbonyl (C=O) groups excluding carboxylic acids is 2. The quantitative estimate of drug-likeness (QED) is 0.580. The van der Waals surface area contributed by atoms with E-state index in [0.29, 0.717) is 27.7 Å². The van der Waals surface area contributed by atoms with Crippen LogP contribution in [0.25, 0.3) is 6.08 Å². The lowest BCUT2D eigenvalue weighted by Gasteiger charge is -2.28. The van der Waals surface area contributed by atoms with Crippen LogP contribution in [0, 0.1) is 0 Å². The van der Waals surface area contributed by atoms with Crippen molar-refractivity contribution in [3.05, 3.63) is 100 Å². The van der Waals surface area contributed by atoms with Gasteiger partial charge in [-0.3, -0.25) is 9.69 Å². The predicted octanol–water partition coefficient (Wildman–Crippen LogP) is 6.29. The zero-order chi connectivity index (χ0) is 22.0. The molecule has 1 amide bonds. The molecule has 6 heteroatoms. The summed E-state index contributed by atoms with van der Waals surface area (Å²) >= 11 is 6.22. The van der Waals surface area contributed by atoms with Crippen molar-refractivity contribution in [2.75, 3.05) is 10.2 Å². The summed E-state index contributed by atoms with van der Waals surface area (Å²) in [6.07, 6.45) is 8.45. The SMILES string of the molecule is CC1=C(C(=O)N(c2cccc(Cl)c2)c2cccc3c2NC=CC=C3)C=C(F)CC1=C=O. The second-order valence-electron chi connectivity index (χ2n) is 7.11. The smallest absolute Gasteiger partial charge is 0.263 e. The fourth-order valence-electron chi connectivity index (χ4n) is 3.60. The summed E-state index contributed by atoms with van der Waals surface area (Å²) in [6.45, 7) is 1.63. The maximum atomic E-state index is 14.3. The molecule has 0 atom stereocenters. The lowest BCUT2D eigenvalue weighted by molar-refractivity contribution is -0.114. The summed E-state index contributed by atoms with van der Waals surface area (Å²) in [7, 11) is 0. The first-order chi connectivity index (χ1) is 15.0. The van der Waals surface area contributed by atoms with Crippen molar-refractivity contribution in [3.63, 3.8) is 0 Å². The molecule has 154 valence electrons. The third-order valence-electron chi connectivity index (χ3n) is 5.15. The number of anilines is 3. The second kappa shape index (κ2) is 8.60. The van der Waals surface area contributed by atoms with E-state index in [2.05, 4.69) is 5.32 Å². The van der Waals surface area contributed by atoms with Gasteiger partial charge < -0.3 is 5.32 Å². The third kappa shape index (κ3) is 4.02. The molecule has 4 nitrogen and oxygen atoms in total. The van der Waals surface area contributed by atoms with Crippen LogP contribution < -0.4 is 10.2 Å². The fraction of sp³-hybridized carbons (Fsp3) is 0.0800. The maximum Gasteiger partial charge on any atom is 0.263 e. The number of carbonyl (C=O) groups is 1. The summed E-state index contributed by atoms with van der Waals surface area (Å²) in [6, 6.07) is 12.4. The van der Waals surface area contributed by atoms with Gasteiger partial charge in [0, 0.05) is 34.4 Å². The van der Waals surface area contributed by atoms with Gasteiger partial charge >= 0.3 is 0 Å². The second-order valence-corrected chi connectivity index (χ2v) is 7.55. The monoisotopic (exact) mass is 432 g/mol. The van der Waals surface area contributed by atoms with E-state index in [0.717, 1.165) is 5.56 Å². The first-order valence-corrected chi connectivity index (χ1v) is 10.0. The molecule has 0 saturated carbocycles. The van der Waals surface area contributed by atoms with E-state index in [4.69, 9.17) is 11.6 Å². The molecule has 2 aromatic carbocycles. The van der Waals surface area contributed by atoms with Crippen LogP contribution in [-0.4, -0.2) is 11.8 Å². The topological polar surface area (TPSA) is 49.4 Å². The van der Waals surface area contributed by atoms with Gasteiger partial charge in [0.2, 0.25) is 0 Å². The molecule has 0 radical (unpaired) electrons. The molecule has 0 spiro atoms. The Morgan fingerprint density at radius 1 is 1.19 bits per heavy atom. The molecule has 4 rings (SSSR count). The highest BCUT2D eigenvalue weighted by molar-refractivity contribution is 6.31. The molecule has 1 heterocycles. The molecule has 0 bridgehead atoms. The van der Waals surface area contributed by atoms with E-state index < -0.39 is 11.7 Å². The minimum absolute atomic E-state index is 0.0967. The lowest BCUT2D eigenvalue weighted by Crippen LogP contribution is -2.29. The summed E-state index contributed by atoms with van der Waals surface area (Å²) in [4.78, 5) is 26.6. The van der Waals surface area contributed by atoms with Crippen molar-refractivity contribution in [3.8, 4) is 0 Å². The van der Waals surface area contributed by atoms with Crippen molar-refractivity contribution in [2.45, 2.75) is 13.3 Å². The maximum absolute atomic E-state index is 14.3. The van der Waals surface area contributed by atoms with Gasteiger partial charge in [0.15, 0.2) is 0 Å². The van der Waals surface area contributed by atoms with Crippen LogP contribution in [0.4, 0.5) is 21.5 Å². The summed E-state index contributed by atoms with van der Waals surface area (Å²) in [5.74, 6) is 0.722. The van der Waals surface area contributed by atoms with Crippen molar-refractivity contribution >= 4 is 46.6 Å². The van der Waals surface area contributed by atoms with Gasteiger partial charge in [0.05, 0.1) is 17.1 Å². The summed E-state index contributed by atoms with van der Waals surface area (Å²) in [5, 5.41) is 3.67. The van der Waals surface area contributed by atoms with E-state index >= 15 is 0 Å². The van der Waals surface area contributed by atoms with E-state index in [9.17, 15) is 14.0 Å². The van der Waals surface area contributed by atoms with Crippen LogP contribution in [0.5, 0.6) is 0 Å². The van der Waals surface area contributed by atoms with Crippen LogP contribution in [0.15, 0.2) is 89.4 Å². The summed E-state index contributed by atoms with van der Waals surface area (Å²) in [5.41, 5.74) is 3.31. The molecule has 2 aliphatic rings. The molecule has 1 N–H and O–H groups in total. The van der Waals surface area contributed by atoms with Crippen molar-refractivity contribution < 1.29 is 14.0 Å². The lowest BCUT2D eigenvalue weighted by atomic mass is 9.92. The van der Waals surface area contributed by atoms with Crippen molar-refractivity contribution in [1.29, 1.82) is 0 Å². The molecule has 0 saturated heterocycles. The number of allylic oxidation sites excluding steroid dienone is 5. The average Bonchev–Trinajstić information content (AvgIpc) is 3.01. The average molecular weight is 433 g/mol. The largest absolute Gasteiger partial charge is 0.359 e. The van der Waals surface area contributed by atoms with Crippen LogP contribution in [-0.2, 0) is 9.59 Å². The molecular formula is C25H18ClFN2O2. The fourth-order valence-corrected chi connectivity index (χ4v) is 3.79. The van der Waals surface area contributed by atoms with E-state index in [-0.39, 0.29) is 17.6 Å². The van der Waals surface area contributed by atoms with Gasteiger partial charge in [-0.2, -0.15) is 0 Å². The zero-order valence-electron chi connectivity index (χ0n) is 16.7. The highest BCUT2D eigenvalue weighted by atomic mass is 35.5. The number of nitrogens with one attached hydrogen (secondary N) is 1. The molecule has 1 aliphatic heterocycles. The van der Waals surface area contributed by atoms with Gasteiger partial charge in [-0.1, -0.05) is 42.0 Å². The number of benzene rings is 2. The highest BCUT2D eigenvalue weighted by Gasteiger charge is 2.29. The van der Waals surface area contributed by atoms with Gasteiger partial charge in [-0.05, 0) is 48.9 Å². The molecule has 0 aromatic heterocycles. The molecule has 0 unspecified atom stereocenters. The number of fused-ring (bicyclic) bond motifs is 1. The third-order valence-corrected chi connectivity index (χ3v) is 5.39. The van der Waals surface area contributed by atoms with Gasteiger partial charge in [-0.15, -0.1) is 0 Å². The Kier molecular flexibility index (Phi) is 5.72. The Bertz CT molecular complexity index is 1250. The van der Waals surface area contributed by atoms with Crippen LogP contribution in [0.3, 0.4) is 0 Å². The van der Waals surface area contributed by atoms with Crippen LogP contribution in [0.1, 0.15) is 18.9 Å². The Morgan fingerprint density at radius 3 is 2.77 bits per heavy atom. The molecule has 1 aliphatic carbocycles. The number of hydrogen-bond donors (Lipinski definition) is 1. The van der Waals surface area contributed by atoms with Crippen molar-refractivity contribution in [1.82, 2.24) is 0 Å². The minimum atomic E-state index is -0.561. The predicted molar refractivity (Wildman–Crippen MR) is 123 cm³/mol. The van der Waals surface area contributed by atoms with Gasteiger partial charge in [-0.25, -0.2) is 9.18 Å². The molecule has 31 heavy (non-hydrogen) atoms. The molecular weight excluding hydrogens is 415 g/mol. The number of amides is 1. The number of para-hydroxylation sites is 1. The Morgan fingerprint density at radius 2 is 2.00 bits per heavy atom. The van der Waals surface area contributed by atoms with Crippen molar-refractivity contribution in [2.24, 2.45) is 0 Å². The van der Waals surface area contributed by atoms with E-state index in [1.165, 1.54) is 11.0 Å². The normalized spacial score (nSPS) is 14.9. The zero-order valence-corrected chi connectivity index (χ0v) is 17.4. The van der Waals surface area contributed by atoms with Crippen LogP contribution >= 0.6 is 11.6 Å². The Balaban J connectivity index is 1.94. The first-order valence-electron chi connectivity index (χ1n) is 9.63. The van der Waals surface area contributed by atoms with Crippen LogP contribution in [0.2, 0.25) is 5.02 Å². The Hall–Kier alpha value is -3.66. The van der Waals surface area contributed by atoms with E-state index in [1.807, 2.05) is 30.4 Å². The van der Waals surface area contributed by atoms with Gasteiger partial charge in [0.1, 0.15) is 11.8 Å². The molecule has 2 aromatic rings. The van der Waals surface area contributed by atoms with Gasteiger partial charge in [0.25, 0.3) is 5.91 Å². The number of nitrogens with zero attached hydrogens (tertiary/aromatic N) is 1. The first kappa shape index (κ1) is 20.6. The number of rotatable bonds is 3. The Labute approximate surface area is 184 Å². The summed E-state index contributed by atoms with van der Waals surface area (Å²) < 4.78 is 14.3. The molecule has 0 fully saturated rings.